The van der Waals surface area contributed by atoms with E-state index in [0.29, 0.717) is 5.75 Å². The summed E-state index contributed by atoms with van der Waals surface area (Å²) < 4.78 is 32.6. The number of hydrogen-bond acceptors (Lipinski definition) is 10. The van der Waals surface area contributed by atoms with Crippen molar-refractivity contribution in [1.82, 2.24) is 0 Å². The Labute approximate surface area is 193 Å². The van der Waals surface area contributed by atoms with E-state index in [2.05, 4.69) is 0 Å². The van der Waals surface area contributed by atoms with E-state index in [9.17, 15) is 19.5 Å². The van der Waals surface area contributed by atoms with Crippen LogP contribution in [-0.2, 0) is 44.7 Å². The third-order valence-corrected chi connectivity index (χ3v) is 4.81. The molecule has 0 bridgehead atoms. The number of carbonyl (C=O) groups is 3. The molecule has 10 heteroatoms. The molecule has 0 aromatic heterocycles. The molecule has 1 heterocycles. The summed E-state index contributed by atoms with van der Waals surface area (Å²) in [6.07, 6.45) is -6.15. The van der Waals surface area contributed by atoms with Crippen LogP contribution in [0.4, 0.5) is 0 Å². The fourth-order valence-corrected chi connectivity index (χ4v) is 3.16. The number of methoxy groups -OCH3 is 1. The topological polar surface area (TPSA) is 127 Å². The summed E-state index contributed by atoms with van der Waals surface area (Å²) in [5.41, 5.74) is -0.00924. The van der Waals surface area contributed by atoms with Crippen LogP contribution in [0, 0.1) is 5.41 Å². The van der Waals surface area contributed by atoms with Gasteiger partial charge in [-0.1, -0.05) is 12.1 Å². The molecule has 184 valence electrons. The quantitative estimate of drug-likeness (QED) is 0.445. The minimum Gasteiger partial charge on any atom is -0.497 e. The molecular weight excluding hydrogens is 436 g/mol. The van der Waals surface area contributed by atoms with Crippen molar-refractivity contribution in [2.45, 2.75) is 71.9 Å². The number of hydrogen-bond donors (Lipinski definition) is 1. The molecule has 10 nitrogen and oxygen atoms in total. The summed E-state index contributed by atoms with van der Waals surface area (Å²) in [7, 11) is 1.55. The van der Waals surface area contributed by atoms with Crippen LogP contribution in [-0.4, -0.2) is 67.4 Å². The van der Waals surface area contributed by atoms with Gasteiger partial charge in [0.15, 0.2) is 18.5 Å². The normalized spacial score (nSPS) is 25.1. The molecule has 1 N–H and O–H groups in total. The summed E-state index contributed by atoms with van der Waals surface area (Å²) in [5.74, 6) is -1.16. The maximum Gasteiger partial charge on any atom is 0.311 e. The second kappa shape index (κ2) is 11.4. The van der Waals surface area contributed by atoms with Crippen LogP contribution in [0.15, 0.2) is 24.3 Å². The number of benzene rings is 1. The van der Waals surface area contributed by atoms with Gasteiger partial charge in [0.1, 0.15) is 24.6 Å². The molecule has 1 aliphatic rings. The van der Waals surface area contributed by atoms with E-state index >= 15 is 0 Å². The van der Waals surface area contributed by atoms with E-state index in [4.69, 9.17) is 28.4 Å². The van der Waals surface area contributed by atoms with Gasteiger partial charge in [-0.15, -0.1) is 0 Å². The SMILES string of the molecule is COc1ccc(CO[C@@H]2[C@H](OC(C)=O)[C@@H](O)O[C@H](COC(=O)C(C)(C)C)[C@H]2OC(C)=O)cc1. The maximum absolute atomic E-state index is 12.2. The van der Waals surface area contributed by atoms with Gasteiger partial charge in [0.2, 0.25) is 0 Å². The van der Waals surface area contributed by atoms with Gasteiger partial charge < -0.3 is 33.5 Å². The van der Waals surface area contributed by atoms with Gasteiger partial charge in [-0.2, -0.15) is 0 Å². The Bertz CT molecular complexity index is 814. The number of carbonyl (C=O) groups excluding carboxylic acids is 3. The second-order valence-corrected chi connectivity index (χ2v) is 8.69. The monoisotopic (exact) mass is 468 g/mol. The van der Waals surface area contributed by atoms with Crippen molar-refractivity contribution in [3.05, 3.63) is 29.8 Å². The Morgan fingerprint density at radius 3 is 2.06 bits per heavy atom. The van der Waals surface area contributed by atoms with Crippen LogP contribution < -0.4 is 4.74 Å². The lowest BCUT2D eigenvalue weighted by Gasteiger charge is -2.43. The zero-order valence-electron chi connectivity index (χ0n) is 19.7. The highest BCUT2D eigenvalue weighted by Crippen LogP contribution is 2.29. The van der Waals surface area contributed by atoms with Gasteiger partial charge in [-0.3, -0.25) is 14.4 Å². The largest absolute Gasteiger partial charge is 0.497 e. The molecule has 0 spiro atoms. The Hall–Kier alpha value is -2.69. The van der Waals surface area contributed by atoms with Gasteiger partial charge >= 0.3 is 17.9 Å². The smallest absolute Gasteiger partial charge is 0.311 e. The lowest BCUT2D eigenvalue weighted by atomic mass is 9.96. The summed E-state index contributed by atoms with van der Waals surface area (Å²) in [6, 6.07) is 7.05. The standard InChI is InChI=1S/C23H32O10/c1-13(24)31-18-17(12-30-22(27)23(3,4)5)33-21(26)20(32-14(2)25)19(18)29-11-15-7-9-16(28-6)10-8-15/h7-10,17-21,26H,11-12H2,1-6H3/t17-,18-,19+,20+,21+/m1/s1. The number of rotatable bonds is 8. The lowest BCUT2D eigenvalue weighted by molar-refractivity contribution is -0.302. The van der Waals surface area contributed by atoms with Crippen molar-refractivity contribution >= 4 is 17.9 Å². The molecule has 0 unspecified atom stereocenters. The highest BCUT2D eigenvalue weighted by atomic mass is 16.7. The molecule has 1 aliphatic heterocycles. The van der Waals surface area contributed by atoms with Crippen LogP contribution in [0.3, 0.4) is 0 Å². The molecule has 2 rings (SSSR count). The first-order valence-electron chi connectivity index (χ1n) is 10.5. The Morgan fingerprint density at radius 2 is 1.55 bits per heavy atom. The molecule has 1 saturated heterocycles. The molecule has 5 atom stereocenters. The minimum absolute atomic E-state index is 0.0470. The predicted octanol–water partition coefficient (Wildman–Crippen LogP) is 1.75. The Kier molecular flexibility index (Phi) is 9.21. The fourth-order valence-electron chi connectivity index (χ4n) is 3.16. The number of aliphatic hydroxyl groups is 1. The summed E-state index contributed by atoms with van der Waals surface area (Å²) in [6.45, 7) is 7.18. The third-order valence-electron chi connectivity index (χ3n) is 4.81. The van der Waals surface area contributed by atoms with Crippen LogP contribution in [0.5, 0.6) is 5.75 Å². The average molecular weight is 468 g/mol. The van der Waals surface area contributed by atoms with Crippen molar-refractivity contribution in [2.75, 3.05) is 13.7 Å². The first kappa shape index (κ1) is 26.6. The summed E-state index contributed by atoms with van der Waals surface area (Å²) in [4.78, 5) is 35.7. The van der Waals surface area contributed by atoms with Gasteiger partial charge in [-0.25, -0.2) is 0 Å². The highest BCUT2D eigenvalue weighted by Gasteiger charge is 2.50. The van der Waals surface area contributed by atoms with Crippen molar-refractivity contribution < 1.29 is 47.9 Å². The molecule has 0 saturated carbocycles. The Balaban J connectivity index is 2.27. The number of ether oxygens (including phenoxy) is 6. The zero-order chi connectivity index (χ0) is 24.8. The molecular formula is C23H32O10. The molecule has 1 fully saturated rings. The summed E-state index contributed by atoms with van der Waals surface area (Å²) >= 11 is 0. The third kappa shape index (κ3) is 7.69. The van der Waals surface area contributed by atoms with E-state index in [1.54, 1.807) is 52.1 Å². The molecule has 0 radical (unpaired) electrons. The first-order chi connectivity index (χ1) is 15.4. The van der Waals surface area contributed by atoms with E-state index in [1.807, 2.05) is 0 Å². The number of aliphatic hydroxyl groups excluding tert-OH is 1. The predicted molar refractivity (Wildman–Crippen MR) is 114 cm³/mol. The van der Waals surface area contributed by atoms with Crippen molar-refractivity contribution in [3.8, 4) is 5.75 Å². The van der Waals surface area contributed by atoms with Crippen LogP contribution in [0.1, 0.15) is 40.2 Å². The Morgan fingerprint density at radius 1 is 0.970 bits per heavy atom. The van der Waals surface area contributed by atoms with E-state index in [-0.39, 0.29) is 13.2 Å². The highest BCUT2D eigenvalue weighted by molar-refractivity contribution is 5.75. The fraction of sp³-hybridized carbons (Fsp3) is 0.609. The van der Waals surface area contributed by atoms with Crippen molar-refractivity contribution in [2.24, 2.45) is 5.41 Å². The van der Waals surface area contributed by atoms with Gasteiger partial charge in [0.25, 0.3) is 0 Å². The first-order valence-corrected chi connectivity index (χ1v) is 10.5. The van der Waals surface area contributed by atoms with Crippen LogP contribution >= 0.6 is 0 Å². The molecule has 33 heavy (non-hydrogen) atoms. The van der Waals surface area contributed by atoms with Crippen LogP contribution in [0.2, 0.25) is 0 Å². The molecule has 0 amide bonds. The molecule has 0 aliphatic carbocycles. The molecule has 1 aromatic rings. The number of esters is 3. The van der Waals surface area contributed by atoms with Crippen LogP contribution in [0.25, 0.3) is 0 Å². The van der Waals surface area contributed by atoms with Gasteiger partial charge in [0.05, 0.1) is 19.1 Å². The van der Waals surface area contributed by atoms with Crippen molar-refractivity contribution in [1.29, 1.82) is 0 Å². The lowest BCUT2D eigenvalue weighted by Crippen LogP contribution is -2.62. The van der Waals surface area contributed by atoms with Crippen molar-refractivity contribution in [3.63, 3.8) is 0 Å². The van der Waals surface area contributed by atoms with Gasteiger partial charge in [0, 0.05) is 13.8 Å². The zero-order valence-corrected chi connectivity index (χ0v) is 19.7. The van der Waals surface area contributed by atoms with Gasteiger partial charge in [-0.05, 0) is 38.5 Å². The van der Waals surface area contributed by atoms with E-state index in [0.717, 1.165) is 5.56 Å². The molecule has 1 aromatic carbocycles. The maximum atomic E-state index is 12.2. The van der Waals surface area contributed by atoms with E-state index in [1.165, 1.54) is 13.8 Å². The van der Waals surface area contributed by atoms with E-state index < -0.39 is 54.0 Å². The second-order valence-electron chi connectivity index (χ2n) is 8.69. The summed E-state index contributed by atoms with van der Waals surface area (Å²) in [5, 5.41) is 10.5. The average Bonchev–Trinajstić information content (AvgIpc) is 2.73. The minimum atomic E-state index is -1.60.